The zero-order valence-corrected chi connectivity index (χ0v) is 14.9. The summed E-state index contributed by atoms with van der Waals surface area (Å²) in [6, 6.07) is 19.4. The summed E-state index contributed by atoms with van der Waals surface area (Å²) in [6.07, 6.45) is -4.36. The zero-order chi connectivity index (χ0) is 19.9. The Balaban J connectivity index is 1.72. The molecule has 1 aromatic heterocycles. The number of fused-ring (bicyclic) bond motifs is 1. The molecule has 6 heteroatoms. The highest BCUT2D eigenvalue weighted by Crippen LogP contribution is 2.31. The van der Waals surface area contributed by atoms with Gasteiger partial charge in [-0.2, -0.15) is 13.2 Å². The third-order valence-corrected chi connectivity index (χ3v) is 4.69. The quantitative estimate of drug-likeness (QED) is 0.474. The Hall–Kier alpha value is -3.41. The summed E-state index contributed by atoms with van der Waals surface area (Å²) in [5, 5.41) is 0. The van der Waals surface area contributed by atoms with Crippen molar-refractivity contribution in [2.45, 2.75) is 6.18 Å². The molecule has 0 radical (unpaired) electrons. The monoisotopic (exact) mass is 380 g/mol. The highest BCUT2D eigenvalue weighted by molar-refractivity contribution is 5.78. The van der Waals surface area contributed by atoms with Crippen LogP contribution < -0.4 is 5.56 Å². The molecule has 0 aliphatic carbocycles. The molecular formula is C22H15F3N2O. The van der Waals surface area contributed by atoms with Crippen molar-refractivity contribution in [3.8, 4) is 22.4 Å². The Morgan fingerprint density at radius 3 is 1.93 bits per heavy atom. The predicted octanol–water partition coefficient (Wildman–Crippen LogP) is 5.29. The van der Waals surface area contributed by atoms with Crippen LogP contribution in [0.4, 0.5) is 13.2 Å². The van der Waals surface area contributed by atoms with Crippen LogP contribution in [0.25, 0.3) is 33.4 Å². The Bertz CT molecular complexity index is 1210. The molecule has 0 saturated heterocycles. The molecule has 0 aliphatic rings. The van der Waals surface area contributed by atoms with Gasteiger partial charge in [-0.15, -0.1) is 0 Å². The van der Waals surface area contributed by atoms with Gasteiger partial charge in [0.15, 0.2) is 0 Å². The van der Waals surface area contributed by atoms with Crippen LogP contribution in [0.5, 0.6) is 0 Å². The average Bonchev–Trinajstić information content (AvgIpc) is 2.70. The number of alkyl halides is 3. The van der Waals surface area contributed by atoms with E-state index in [1.165, 1.54) is 12.1 Å². The van der Waals surface area contributed by atoms with Gasteiger partial charge in [-0.25, -0.2) is 4.98 Å². The minimum atomic E-state index is -4.36. The van der Waals surface area contributed by atoms with E-state index in [0.717, 1.165) is 23.2 Å². The van der Waals surface area contributed by atoms with Crippen LogP contribution in [0.15, 0.2) is 77.6 Å². The van der Waals surface area contributed by atoms with Crippen molar-refractivity contribution in [2.75, 3.05) is 0 Å². The molecule has 3 aromatic carbocycles. The minimum absolute atomic E-state index is 0.207. The van der Waals surface area contributed by atoms with Gasteiger partial charge in [0.1, 0.15) is 5.69 Å². The fourth-order valence-electron chi connectivity index (χ4n) is 3.14. The standard InChI is InChI=1S/C22H15F3N2O/c1-27-19-5-3-2-4-18(19)26-20(21(27)28)16-8-6-14(7-9-16)15-10-12-17(13-11-15)22(23,24)25/h2-13H,1H3. The van der Waals surface area contributed by atoms with Gasteiger partial charge in [0.05, 0.1) is 16.6 Å². The molecule has 0 bridgehead atoms. The number of hydrogen-bond donors (Lipinski definition) is 0. The van der Waals surface area contributed by atoms with Crippen molar-refractivity contribution in [1.82, 2.24) is 9.55 Å². The molecule has 0 N–H and O–H groups in total. The van der Waals surface area contributed by atoms with Crippen molar-refractivity contribution in [2.24, 2.45) is 7.05 Å². The van der Waals surface area contributed by atoms with Crippen molar-refractivity contribution < 1.29 is 13.2 Å². The molecule has 4 rings (SSSR count). The molecule has 28 heavy (non-hydrogen) atoms. The number of aromatic nitrogens is 2. The van der Waals surface area contributed by atoms with Gasteiger partial charge < -0.3 is 4.57 Å². The first kappa shape index (κ1) is 18.0. The lowest BCUT2D eigenvalue weighted by Crippen LogP contribution is -2.20. The third-order valence-electron chi connectivity index (χ3n) is 4.69. The number of hydrogen-bond acceptors (Lipinski definition) is 2. The van der Waals surface area contributed by atoms with Crippen LogP contribution in [0.3, 0.4) is 0 Å². The van der Waals surface area contributed by atoms with Gasteiger partial charge >= 0.3 is 6.18 Å². The van der Waals surface area contributed by atoms with E-state index in [1.54, 1.807) is 35.9 Å². The van der Waals surface area contributed by atoms with Crippen molar-refractivity contribution in [3.05, 3.63) is 88.7 Å². The van der Waals surface area contributed by atoms with Gasteiger partial charge in [0, 0.05) is 12.6 Å². The van der Waals surface area contributed by atoms with Gasteiger partial charge in [-0.1, -0.05) is 48.5 Å². The second-order valence-electron chi connectivity index (χ2n) is 6.47. The molecule has 1 heterocycles. The molecule has 0 unspecified atom stereocenters. The van der Waals surface area contributed by atoms with Crippen LogP contribution in [0.2, 0.25) is 0 Å². The fourth-order valence-corrected chi connectivity index (χ4v) is 3.14. The molecule has 0 fully saturated rings. The van der Waals surface area contributed by atoms with Gasteiger partial charge in [0.2, 0.25) is 0 Å². The van der Waals surface area contributed by atoms with Crippen LogP contribution in [-0.4, -0.2) is 9.55 Å². The number of aryl methyl sites for hydroxylation is 1. The lowest BCUT2D eigenvalue weighted by Gasteiger charge is -2.10. The molecule has 0 atom stereocenters. The molecule has 0 aliphatic heterocycles. The summed E-state index contributed by atoms with van der Waals surface area (Å²) < 4.78 is 39.7. The summed E-state index contributed by atoms with van der Waals surface area (Å²) in [5.74, 6) is 0. The maximum absolute atomic E-state index is 12.7. The van der Waals surface area contributed by atoms with E-state index < -0.39 is 11.7 Å². The zero-order valence-electron chi connectivity index (χ0n) is 14.9. The second kappa shape index (κ2) is 6.64. The average molecular weight is 380 g/mol. The van der Waals surface area contributed by atoms with Crippen molar-refractivity contribution >= 4 is 11.0 Å². The lowest BCUT2D eigenvalue weighted by molar-refractivity contribution is -0.137. The highest BCUT2D eigenvalue weighted by atomic mass is 19.4. The van der Waals surface area contributed by atoms with Crippen molar-refractivity contribution in [3.63, 3.8) is 0 Å². The molecule has 0 amide bonds. The smallest absolute Gasteiger partial charge is 0.308 e. The van der Waals surface area contributed by atoms with E-state index in [1.807, 2.05) is 24.3 Å². The highest BCUT2D eigenvalue weighted by Gasteiger charge is 2.29. The van der Waals surface area contributed by atoms with Crippen LogP contribution in [0.1, 0.15) is 5.56 Å². The summed E-state index contributed by atoms with van der Waals surface area (Å²) in [7, 11) is 1.70. The molecule has 4 aromatic rings. The Labute approximate surface area is 158 Å². The number of rotatable bonds is 2. The Kier molecular flexibility index (Phi) is 4.26. The van der Waals surface area contributed by atoms with E-state index in [-0.39, 0.29) is 5.56 Å². The topological polar surface area (TPSA) is 34.9 Å². The normalized spacial score (nSPS) is 11.7. The van der Waals surface area contributed by atoms with E-state index >= 15 is 0 Å². The summed E-state index contributed by atoms with van der Waals surface area (Å²) in [4.78, 5) is 17.2. The maximum Gasteiger partial charge on any atom is 0.416 e. The number of halogens is 3. The van der Waals surface area contributed by atoms with E-state index in [4.69, 9.17) is 0 Å². The number of para-hydroxylation sites is 2. The lowest BCUT2D eigenvalue weighted by atomic mass is 10.0. The van der Waals surface area contributed by atoms with Gasteiger partial charge in [0.25, 0.3) is 5.56 Å². The van der Waals surface area contributed by atoms with Crippen LogP contribution in [-0.2, 0) is 13.2 Å². The summed E-state index contributed by atoms with van der Waals surface area (Å²) in [6.45, 7) is 0. The number of nitrogens with zero attached hydrogens (tertiary/aromatic N) is 2. The molecule has 140 valence electrons. The van der Waals surface area contributed by atoms with E-state index in [9.17, 15) is 18.0 Å². The van der Waals surface area contributed by atoms with Gasteiger partial charge in [-0.3, -0.25) is 4.79 Å². The first-order valence-electron chi connectivity index (χ1n) is 8.58. The first-order valence-corrected chi connectivity index (χ1v) is 8.58. The molecule has 0 spiro atoms. The molecular weight excluding hydrogens is 365 g/mol. The third kappa shape index (κ3) is 3.17. The summed E-state index contributed by atoms with van der Waals surface area (Å²) in [5.41, 5.74) is 2.98. The second-order valence-corrected chi connectivity index (χ2v) is 6.47. The SMILES string of the molecule is Cn1c(=O)c(-c2ccc(-c3ccc(C(F)(F)F)cc3)cc2)nc2ccccc21. The Morgan fingerprint density at radius 2 is 1.32 bits per heavy atom. The maximum atomic E-state index is 12.7. The molecule has 3 nitrogen and oxygen atoms in total. The van der Waals surface area contributed by atoms with Crippen molar-refractivity contribution in [1.29, 1.82) is 0 Å². The van der Waals surface area contributed by atoms with E-state index in [0.29, 0.717) is 22.3 Å². The first-order chi connectivity index (χ1) is 13.3. The molecule has 0 saturated carbocycles. The van der Waals surface area contributed by atoms with Gasteiger partial charge in [-0.05, 0) is 35.4 Å². The number of benzene rings is 3. The largest absolute Gasteiger partial charge is 0.416 e. The minimum Gasteiger partial charge on any atom is -0.308 e. The van der Waals surface area contributed by atoms with E-state index in [2.05, 4.69) is 4.98 Å². The fraction of sp³-hybridized carbons (Fsp3) is 0.0909. The summed E-state index contributed by atoms with van der Waals surface area (Å²) >= 11 is 0. The predicted molar refractivity (Wildman–Crippen MR) is 103 cm³/mol. The van der Waals surface area contributed by atoms with Crippen LogP contribution in [0, 0.1) is 0 Å². The van der Waals surface area contributed by atoms with Crippen LogP contribution >= 0.6 is 0 Å². The Morgan fingerprint density at radius 1 is 0.786 bits per heavy atom.